The summed E-state index contributed by atoms with van der Waals surface area (Å²) in [6.45, 7) is 1.57. The van der Waals surface area contributed by atoms with Crippen LogP contribution < -0.4 is 20.3 Å². The van der Waals surface area contributed by atoms with E-state index in [1.54, 1.807) is 7.11 Å². The van der Waals surface area contributed by atoms with Gasteiger partial charge in [0.15, 0.2) is 0 Å². The fourth-order valence-corrected chi connectivity index (χ4v) is 4.59. The topological polar surface area (TPSA) is 82.5 Å². The van der Waals surface area contributed by atoms with Crippen LogP contribution in [0, 0.1) is 0 Å². The van der Waals surface area contributed by atoms with E-state index in [9.17, 15) is 5.11 Å². The Bertz CT molecular complexity index is 865. The van der Waals surface area contributed by atoms with Crippen molar-refractivity contribution in [1.29, 1.82) is 0 Å². The lowest BCUT2D eigenvalue weighted by atomic mass is 10.1. The van der Waals surface area contributed by atoms with Crippen molar-refractivity contribution in [3.63, 3.8) is 0 Å². The highest BCUT2D eigenvalue weighted by atomic mass is 35.5. The molecule has 2 aromatic rings. The molecule has 4 rings (SSSR count). The van der Waals surface area contributed by atoms with Crippen molar-refractivity contribution in [3.05, 3.63) is 29.3 Å². The molecule has 2 fully saturated rings. The van der Waals surface area contributed by atoms with Crippen molar-refractivity contribution in [2.75, 3.05) is 35.7 Å². The number of hydrogen-bond acceptors (Lipinski definition) is 7. The number of methoxy groups -OCH3 is 1. The normalized spacial score (nSPS) is 18.5. The maximum atomic E-state index is 9.88. The van der Waals surface area contributed by atoms with E-state index < -0.39 is 0 Å². The summed E-state index contributed by atoms with van der Waals surface area (Å²) in [4.78, 5) is 11.7. The molecule has 2 aliphatic rings. The summed E-state index contributed by atoms with van der Waals surface area (Å²) in [5, 5.41) is 17.4. The number of aromatic nitrogens is 2. The molecule has 0 radical (unpaired) electrons. The van der Waals surface area contributed by atoms with Crippen LogP contribution in [0.1, 0.15) is 51.4 Å². The molecule has 1 saturated carbocycles. The fraction of sp³-hybridized carbons (Fsp3) is 0.565. The average molecular weight is 446 g/mol. The summed E-state index contributed by atoms with van der Waals surface area (Å²) in [5.41, 5.74) is 0.803. The lowest BCUT2D eigenvalue weighted by Crippen LogP contribution is -2.36. The van der Waals surface area contributed by atoms with Gasteiger partial charge in [0, 0.05) is 30.9 Å². The van der Waals surface area contributed by atoms with Gasteiger partial charge in [-0.05, 0) is 43.9 Å². The molecule has 0 atom stereocenters. The van der Waals surface area contributed by atoms with Gasteiger partial charge in [0.1, 0.15) is 17.4 Å². The van der Waals surface area contributed by atoms with Crippen LogP contribution in [0.2, 0.25) is 5.02 Å². The summed E-state index contributed by atoms with van der Waals surface area (Å²) in [6, 6.07) is 8.01. The Morgan fingerprint density at radius 3 is 2.45 bits per heavy atom. The molecule has 168 valence electrons. The van der Waals surface area contributed by atoms with Gasteiger partial charge in [-0.3, -0.25) is 0 Å². The number of aliphatic hydroxyl groups is 1. The Labute approximate surface area is 189 Å². The Balaban J connectivity index is 1.58. The number of hydrogen-bond donors (Lipinski definition) is 3. The minimum atomic E-state index is -0.222. The first-order chi connectivity index (χ1) is 15.1. The minimum absolute atomic E-state index is 0.222. The Morgan fingerprint density at radius 1 is 1.03 bits per heavy atom. The lowest BCUT2D eigenvalue weighted by molar-refractivity contribution is 0.145. The van der Waals surface area contributed by atoms with Gasteiger partial charge in [0.25, 0.3) is 0 Å². The van der Waals surface area contributed by atoms with Crippen molar-refractivity contribution in [2.24, 2.45) is 0 Å². The molecule has 1 aliphatic carbocycles. The summed E-state index contributed by atoms with van der Waals surface area (Å²) >= 11 is 6.29. The van der Waals surface area contributed by atoms with Gasteiger partial charge in [0.2, 0.25) is 5.95 Å². The van der Waals surface area contributed by atoms with Crippen LogP contribution in [0.25, 0.3) is 0 Å². The van der Waals surface area contributed by atoms with Gasteiger partial charge in [-0.15, -0.1) is 0 Å². The van der Waals surface area contributed by atoms with Crippen molar-refractivity contribution in [3.8, 4) is 5.75 Å². The smallest absolute Gasteiger partial charge is 0.231 e. The predicted octanol–water partition coefficient (Wildman–Crippen LogP) is 4.98. The molecule has 0 spiro atoms. The standard InChI is InChI=1S/C23H32ClN5O2/c1-31-20-9-8-17(14-19(20)24)26-23-27-21(25-16-6-4-2-3-5-7-16)15-22(28-23)29-12-10-18(30)11-13-29/h8-9,14-16,18,30H,2-7,10-13H2,1H3,(H2,25,26,27,28). The minimum Gasteiger partial charge on any atom is -0.495 e. The zero-order valence-electron chi connectivity index (χ0n) is 18.1. The number of anilines is 4. The van der Waals surface area contributed by atoms with E-state index in [2.05, 4.69) is 15.5 Å². The number of piperidine rings is 1. The van der Waals surface area contributed by atoms with E-state index in [0.717, 1.165) is 43.3 Å². The van der Waals surface area contributed by atoms with Crippen LogP contribution in [-0.4, -0.2) is 47.4 Å². The van der Waals surface area contributed by atoms with E-state index in [1.165, 1.54) is 38.5 Å². The number of nitrogens with zero attached hydrogens (tertiary/aromatic N) is 3. The number of ether oxygens (including phenoxy) is 1. The Hall–Kier alpha value is -2.25. The Kier molecular flexibility index (Phi) is 7.35. The van der Waals surface area contributed by atoms with Crippen LogP contribution in [0.3, 0.4) is 0 Å². The Morgan fingerprint density at radius 2 is 1.77 bits per heavy atom. The number of rotatable bonds is 6. The second kappa shape index (κ2) is 10.4. The quantitative estimate of drug-likeness (QED) is 0.541. The molecule has 31 heavy (non-hydrogen) atoms. The molecule has 0 bridgehead atoms. The van der Waals surface area contributed by atoms with Crippen molar-refractivity contribution >= 4 is 34.9 Å². The van der Waals surface area contributed by atoms with Crippen LogP contribution in [0.15, 0.2) is 24.3 Å². The van der Waals surface area contributed by atoms with Gasteiger partial charge < -0.3 is 25.4 Å². The molecule has 8 heteroatoms. The first kappa shape index (κ1) is 22.0. The van der Waals surface area contributed by atoms with Gasteiger partial charge in [-0.2, -0.15) is 9.97 Å². The first-order valence-electron chi connectivity index (χ1n) is 11.3. The third kappa shape index (κ3) is 5.92. The van der Waals surface area contributed by atoms with Crippen molar-refractivity contribution in [2.45, 2.75) is 63.5 Å². The summed E-state index contributed by atoms with van der Waals surface area (Å²) in [6.07, 6.45) is 8.78. The summed E-state index contributed by atoms with van der Waals surface area (Å²) in [7, 11) is 1.60. The second-order valence-electron chi connectivity index (χ2n) is 8.46. The SMILES string of the molecule is COc1ccc(Nc2nc(NC3CCCCCC3)cc(N3CCC(O)CC3)n2)cc1Cl. The molecule has 0 unspecified atom stereocenters. The maximum Gasteiger partial charge on any atom is 0.231 e. The first-order valence-corrected chi connectivity index (χ1v) is 11.7. The number of halogens is 1. The van der Waals surface area contributed by atoms with Gasteiger partial charge in [0.05, 0.1) is 18.2 Å². The number of benzene rings is 1. The lowest BCUT2D eigenvalue weighted by Gasteiger charge is -2.31. The highest BCUT2D eigenvalue weighted by Crippen LogP contribution is 2.30. The van der Waals surface area contributed by atoms with Crippen LogP contribution in [0.5, 0.6) is 5.75 Å². The number of aliphatic hydroxyl groups excluding tert-OH is 1. The van der Waals surface area contributed by atoms with Crippen LogP contribution in [-0.2, 0) is 0 Å². The average Bonchev–Trinajstić information content (AvgIpc) is 3.03. The van der Waals surface area contributed by atoms with E-state index in [1.807, 2.05) is 24.3 Å². The molecule has 0 amide bonds. The zero-order chi connectivity index (χ0) is 21.6. The third-order valence-corrected chi connectivity index (χ3v) is 6.41. The van der Waals surface area contributed by atoms with Crippen molar-refractivity contribution < 1.29 is 9.84 Å². The summed E-state index contributed by atoms with van der Waals surface area (Å²) < 4.78 is 5.24. The van der Waals surface area contributed by atoms with Crippen LogP contribution >= 0.6 is 11.6 Å². The number of nitrogens with one attached hydrogen (secondary N) is 2. The zero-order valence-corrected chi connectivity index (χ0v) is 18.9. The maximum absolute atomic E-state index is 9.88. The summed E-state index contributed by atoms with van der Waals surface area (Å²) in [5.74, 6) is 2.87. The van der Waals surface area contributed by atoms with E-state index >= 15 is 0 Å². The van der Waals surface area contributed by atoms with Crippen LogP contribution in [0.4, 0.5) is 23.3 Å². The molecule has 1 aromatic heterocycles. The largest absolute Gasteiger partial charge is 0.495 e. The van der Waals surface area contributed by atoms with E-state index in [4.69, 9.17) is 26.3 Å². The highest BCUT2D eigenvalue weighted by Gasteiger charge is 2.21. The van der Waals surface area contributed by atoms with E-state index in [-0.39, 0.29) is 6.10 Å². The second-order valence-corrected chi connectivity index (χ2v) is 8.87. The molecule has 1 aliphatic heterocycles. The molecule has 2 heterocycles. The highest BCUT2D eigenvalue weighted by molar-refractivity contribution is 6.32. The fourth-order valence-electron chi connectivity index (χ4n) is 4.33. The van der Waals surface area contributed by atoms with Gasteiger partial charge in [-0.1, -0.05) is 37.3 Å². The van der Waals surface area contributed by atoms with Crippen molar-refractivity contribution in [1.82, 2.24) is 9.97 Å². The molecule has 1 saturated heterocycles. The van der Waals surface area contributed by atoms with Gasteiger partial charge >= 0.3 is 0 Å². The molecular weight excluding hydrogens is 414 g/mol. The van der Waals surface area contributed by atoms with Gasteiger partial charge in [-0.25, -0.2) is 0 Å². The molecule has 3 N–H and O–H groups in total. The molecule has 7 nitrogen and oxygen atoms in total. The monoisotopic (exact) mass is 445 g/mol. The molecule has 1 aromatic carbocycles. The van der Waals surface area contributed by atoms with E-state index in [0.29, 0.717) is 22.8 Å². The predicted molar refractivity (Wildman–Crippen MR) is 126 cm³/mol. The molecular formula is C23H32ClN5O2. The third-order valence-electron chi connectivity index (χ3n) is 6.12.